The average molecular weight is 227 g/mol. The van der Waals surface area contributed by atoms with E-state index in [0.29, 0.717) is 13.2 Å². The van der Waals surface area contributed by atoms with Crippen molar-refractivity contribution in [3.63, 3.8) is 0 Å². The van der Waals surface area contributed by atoms with Crippen LogP contribution in [-0.4, -0.2) is 43.8 Å². The predicted octanol–water partition coefficient (Wildman–Crippen LogP) is 0.862. The van der Waals surface area contributed by atoms with E-state index in [1.54, 1.807) is 0 Å². The van der Waals surface area contributed by atoms with Gasteiger partial charge in [-0.3, -0.25) is 0 Å². The molecule has 0 aliphatic carbocycles. The minimum atomic E-state index is 0.493. The van der Waals surface area contributed by atoms with Crippen LogP contribution in [0.25, 0.3) is 0 Å². The Balaban J connectivity index is 2.19. The molecule has 1 heterocycles. The normalized spacial score (nSPS) is 11.2. The molecule has 0 atom stereocenters. The summed E-state index contributed by atoms with van der Waals surface area (Å²) in [7, 11) is 4.04. The molecule has 0 bridgehead atoms. The minimum Gasteiger partial charge on any atom is -0.372 e. The fraction of sp³-hybridized carbons (Fsp3) is 0.727. The van der Waals surface area contributed by atoms with Crippen LogP contribution in [0.3, 0.4) is 0 Å². The van der Waals surface area contributed by atoms with Gasteiger partial charge in [-0.15, -0.1) is 0 Å². The Bertz CT molecular complexity index is 287. The molecule has 0 saturated carbocycles. The molecule has 1 aromatic rings. The summed E-state index contributed by atoms with van der Waals surface area (Å²) in [6.07, 6.45) is 0. The first-order valence-corrected chi connectivity index (χ1v) is 5.60. The third kappa shape index (κ3) is 5.25. The van der Waals surface area contributed by atoms with Gasteiger partial charge in [0, 0.05) is 19.2 Å². The Morgan fingerprint density at radius 1 is 1.50 bits per heavy atom. The standard InChI is InChI=1S/C11H21N3O2/c1-4-12-8-10-7-11(16-13-10)9-15-6-5-14(2)3/h7,12H,4-6,8-9H2,1-3H3. The van der Waals surface area contributed by atoms with Crippen molar-refractivity contribution >= 4 is 0 Å². The van der Waals surface area contributed by atoms with Crippen molar-refractivity contribution in [2.24, 2.45) is 0 Å². The van der Waals surface area contributed by atoms with E-state index in [-0.39, 0.29) is 0 Å². The summed E-state index contributed by atoms with van der Waals surface area (Å²) in [4.78, 5) is 2.08. The molecule has 1 N–H and O–H groups in total. The van der Waals surface area contributed by atoms with E-state index in [9.17, 15) is 0 Å². The van der Waals surface area contributed by atoms with E-state index in [4.69, 9.17) is 9.26 Å². The Kier molecular flexibility index (Phi) is 6.07. The van der Waals surface area contributed by atoms with Crippen LogP contribution in [0, 0.1) is 0 Å². The smallest absolute Gasteiger partial charge is 0.162 e. The first kappa shape index (κ1) is 13.2. The van der Waals surface area contributed by atoms with Crippen LogP contribution >= 0.6 is 0 Å². The van der Waals surface area contributed by atoms with Gasteiger partial charge in [-0.05, 0) is 20.6 Å². The summed E-state index contributed by atoms with van der Waals surface area (Å²) in [5.74, 6) is 0.784. The highest BCUT2D eigenvalue weighted by molar-refractivity contribution is 5.04. The number of nitrogens with one attached hydrogen (secondary N) is 1. The van der Waals surface area contributed by atoms with Crippen LogP contribution in [0.4, 0.5) is 0 Å². The van der Waals surface area contributed by atoms with E-state index < -0.39 is 0 Å². The van der Waals surface area contributed by atoms with Crippen LogP contribution < -0.4 is 5.32 Å². The van der Waals surface area contributed by atoms with E-state index in [0.717, 1.165) is 31.1 Å². The first-order valence-electron chi connectivity index (χ1n) is 5.60. The predicted molar refractivity (Wildman–Crippen MR) is 62.1 cm³/mol. The largest absolute Gasteiger partial charge is 0.372 e. The number of rotatable bonds is 8. The van der Waals surface area contributed by atoms with Gasteiger partial charge < -0.3 is 19.5 Å². The molecule has 0 aromatic carbocycles. The van der Waals surface area contributed by atoms with E-state index in [2.05, 4.69) is 22.3 Å². The second kappa shape index (κ2) is 7.38. The Morgan fingerprint density at radius 2 is 2.31 bits per heavy atom. The summed E-state index contributed by atoms with van der Waals surface area (Å²) in [5, 5.41) is 7.13. The number of ether oxygens (including phenoxy) is 1. The van der Waals surface area contributed by atoms with E-state index in [1.807, 2.05) is 20.2 Å². The molecule has 0 amide bonds. The highest BCUT2D eigenvalue weighted by Crippen LogP contribution is 2.04. The highest BCUT2D eigenvalue weighted by Gasteiger charge is 2.03. The molecule has 0 radical (unpaired) electrons. The maximum absolute atomic E-state index is 5.45. The van der Waals surface area contributed by atoms with Crippen LogP contribution in [0.1, 0.15) is 18.4 Å². The van der Waals surface area contributed by atoms with Crippen LogP contribution in [-0.2, 0) is 17.9 Å². The Hall–Kier alpha value is -0.910. The SMILES string of the molecule is CCNCc1cc(COCCN(C)C)on1. The minimum absolute atomic E-state index is 0.493. The zero-order chi connectivity index (χ0) is 11.8. The van der Waals surface area contributed by atoms with Crippen LogP contribution in [0.2, 0.25) is 0 Å². The molecular weight excluding hydrogens is 206 g/mol. The highest BCUT2D eigenvalue weighted by atomic mass is 16.5. The van der Waals surface area contributed by atoms with Gasteiger partial charge in [0.25, 0.3) is 0 Å². The summed E-state index contributed by atoms with van der Waals surface area (Å²) < 4.78 is 10.6. The third-order valence-electron chi connectivity index (χ3n) is 2.09. The Morgan fingerprint density at radius 3 is 3.00 bits per heavy atom. The molecule has 0 fully saturated rings. The molecule has 1 rings (SSSR count). The maximum atomic E-state index is 5.45. The molecule has 92 valence electrons. The van der Waals surface area contributed by atoms with Gasteiger partial charge in [0.15, 0.2) is 5.76 Å². The number of hydrogen-bond acceptors (Lipinski definition) is 5. The Labute approximate surface area is 96.7 Å². The number of hydrogen-bond donors (Lipinski definition) is 1. The van der Waals surface area contributed by atoms with Crippen molar-refractivity contribution in [3.05, 3.63) is 17.5 Å². The van der Waals surface area contributed by atoms with Gasteiger partial charge in [0.05, 0.1) is 12.3 Å². The van der Waals surface area contributed by atoms with Crippen LogP contribution in [0.5, 0.6) is 0 Å². The lowest BCUT2D eigenvalue weighted by Gasteiger charge is -2.08. The first-order chi connectivity index (χ1) is 7.72. The van der Waals surface area contributed by atoms with Crippen molar-refractivity contribution in [1.82, 2.24) is 15.4 Å². The molecule has 0 saturated heterocycles. The fourth-order valence-electron chi connectivity index (χ4n) is 1.18. The zero-order valence-electron chi connectivity index (χ0n) is 10.3. The summed E-state index contributed by atoms with van der Waals surface area (Å²) in [6, 6.07) is 1.93. The molecule has 0 unspecified atom stereocenters. The van der Waals surface area contributed by atoms with E-state index in [1.165, 1.54) is 0 Å². The fourth-order valence-corrected chi connectivity index (χ4v) is 1.18. The molecule has 1 aromatic heterocycles. The molecule has 0 spiro atoms. The van der Waals surface area contributed by atoms with Gasteiger partial charge in [-0.25, -0.2) is 0 Å². The quantitative estimate of drug-likeness (QED) is 0.668. The van der Waals surface area contributed by atoms with Gasteiger partial charge >= 0.3 is 0 Å². The van der Waals surface area contributed by atoms with Crippen molar-refractivity contribution in [2.45, 2.75) is 20.1 Å². The second-order valence-corrected chi connectivity index (χ2v) is 3.92. The van der Waals surface area contributed by atoms with E-state index >= 15 is 0 Å². The molecule has 0 aliphatic heterocycles. The molecule has 5 heteroatoms. The molecule has 5 nitrogen and oxygen atoms in total. The maximum Gasteiger partial charge on any atom is 0.162 e. The van der Waals surface area contributed by atoms with Crippen molar-refractivity contribution in [3.8, 4) is 0 Å². The van der Waals surface area contributed by atoms with Gasteiger partial charge in [-0.2, -0.15) is 0 Å². The molecule has 16 heavy (non-hydrogen) atoms. The average Bonchev–Trinajstić information content (AvgIpc) is 2.69. The monoisotopic (exact) mass is 227 g/mol. The van der Waals surface area contributed by atoms with Gasteiger partial charge in [0.1, 0.15) is 6.61 Å². The molecular formula is C11H21N3O2. The second-order valence-electron chi connectivity index (χ2n) is 3.92. The number of nitrogens with zero attached hydrogens (tertiary/aromatic N) is 2. The lowest BCUT2D eigenvalue weighted by Crippen LogP contribution is -2.17. The van der Waals surface area contributed by atoms with Crippen LogP contribution in [0.15, 0.2) is 10.6 Å². The third-order valence-corrected chi connectivity index (χ3v) is 2.09. The summed E-state index contributed by atoms with van der Waals surface area (Å²) in [6.45, 7) is 5.85. The number of likely N-dealkylation sites (N-methyl/N-ethyl adjacent to an activating group) is 1. The number of aromatic nitrogens is 1. The topological polar surface area (TPSA) is 50.5 Å². The van der Waals surface area contributed by atoms with Crippen molar-refractivity contribution in [2.75, 3.05) is 33.8 Å². The summed E-state index contributed by atoms with van der Waals surface area (Å²) >= 11 is 0. The lowest BCUT2D eigenvalue weighted by molar-refractivity contribution is 0.0884. The molecule has 0 aliphatic rings. The van der Waals surface area contributed by atoms with Crippen molar-refractivity contribution < 1.29 is 9.26 Å². The lowest BCUT2D eigenvalue weighted by atomic mass is 10.3. The van der Waals surface area contributed by atoms with Gasteiger partial charge in [-0.1, -0.05) is 12.1 Å². The van der Waals surface area contributed by atoms with Crippen molar-refractivity contribution in [1.29, 1.82) is 0 Å². The summed E-state index contributed by atoms with van der Waals surface area (Å²) in [5.41, 5.74) is 0.924. The zero-order valence-corrected chi connectivity index (χ0v) is 10.3. The van der Waals surface area contributed by atoms with Gasteiger partial charge in [0.2, 0.25) is 0 Å².